The lowest BCUT2D eigenvalue weighted by atomic mass is 10.0. The molecule has 2 rings (SSSR count). The number of aromatic nitrogens is 2. The number of amides is 1. The fraction of sp³-hybridized carbons (Fsp3) is 0.600. The van der Waals surface area contributed by atoms with Crippen LogP contribution in [0.3, 0.4) is 0 Å². The van der Waals surface area contributed by atoms with Crippen LogP contribution in [0.5, 0.6) is 0 Å². The van der Waals surface area contributed by atoms with Crippen molar-refractivity contribution in [1.29, 1.82) is 0 Å². The van der Waals surface area contributed by atoms with Gasteiger partial charge >= 0.3 is 0 Å². The molecule has 5 nitrogen and oxygen atoms in total. The molecule has 0 unspecified atom stereocenters. The van der Waals surface area contributed by atoms with Gasteiger partial charge in [-0.15, -0.1) is 0 Å². The molecule has 15 heavy (non-hydrogen) atoms. The van der Waals surface area contributed by atoms with Crippen molar-refractivity contribution < 1.29 is 4.79 Å². The summed E-state index contributed by atoms with van der Waals surface area (Å²) in [5.41, 5.74) is 0. The van der Waals surface area contributed by atoms with Gasteiger partial charge in [0.05, 0.1) is 5.92 Å². The molecule has 2 heterocycles. The molecule has 0 aliphatic carbocycles. The van der Waals surface area contributed by atoms with Gasteiger partial charge in [0.1, 0.15) is 0 Å². The van der Waals surface area contributed by atoms with E-state index in [0.717, 1.165) is 26.1 Å². The Morgan fingerprint density at radius 2 is 2.53 bits per heavy atom. The van der Waals surface area contributed by atoms with Crippen LogP contribution in [-0.2, 0) is 11.3 Å². The fourth-order valence-electron chi connectivity index (χ4n) is 1.48. The molecule has 2 N–H and O–H groups in total. The van der Waals surface area contributed by atoms with Crippen molar-refractivity contribution in [2.75, 3.05) is 18.4 Å². The van der Waals surface area contributed by atoms with Crippen LogP contribution < -0.4 is 10.6 Å². The average molecular weight is 208 g/mol. The standard InChI is InChI=1S/C10H16N4O/c1-2-4-14-5-3-9(13-14)12-10(15)8-6-11-7-8/h3,5,8,11H,2,4,6-7H2,1H3,(H,12,13,15). The number of carbonyl (C=O) groups is 1. The second-order valence-corrected chi connectivity index (χ2v) is 3.81. The molecule has 1 aromatic heterocycles. The SMILES string of the molecule is CCCn1ccc(NC(=O)C2CNC2)n1. The molecule has 1 aliphatic heterocycles. The van der Waals surface area contributed by atoms with E-state index in [1.807, 2.05) is 16.9 Å². The number of rotatable bonds is 4. The third kappa shape index (κ3) is 2.36. The van der Waals surface area contributed by atoms with Crippen LogP contribution in [0.25, 0.3) is 0 Å². The number of carbonyl (C=O) groups excluding carboxylic acids is 1. The average Bonchev–Trinajstić information content (AvgIpc) is 2.49. The highest BCUT2D eigenvalue weighted by Gasteiger charge is 2.25. The molecule has 82 valence electrons. The van der Waals surface area contributed by atoms with Gasteiger partial charge in [0.25, 0.3) is 0 Å². The van der Waals surface area contributed by atoms with Gasteiger partial charge in [-0.1, -0.05) is 6.92 Å². The van der Waals surface area contributed by atoms with Crippen LogP contribution in [0.2, 0.25) is 0 Å². The number of nitrogens with one attached hydrogen (secondary N) is 2. The van der Waals surface area contributed by atoms with Crippen molar-refractivity contribution in [1.82, 2.24) is 15.1 Å². The van der Waals surface area contributed by atoms with Crippen LogP contribution in [0.15, 0.2) is 12.3 Å². The van der Waals surface area contributed by atoms with Gasteiger partial charge in [0.15, 0.2) is 5.82 Å². The molecule has 1 aliphatic rings. The van der Waals surface area contributed by atoms with Gasteiger partial charge in [-0.3, -0.25) is 9.48 Å². The van der Waals surface area contributed by atoms with Crippen molar-refractivity contribution in [3.63, 3.8) is 0 Å². The predicted octanol–water partition coefficient (Wildman–Crippen LogP) is 0.451. The van der Waals surface area contributed by atoms with Gasteiger partial charge in [0, 0.05) is 31.9 Å². The molecule has 0 atom stereocenters. The largest absolute Gasteiger partial charge is 0.315 e. The summed E-state index contributed by atoms with van der Waals surface area (Å²) in [5, 5.41) is 10.1. The summed E-state index contributed by atoms with van der Waals surface area (Å²) in [4.78, 5) is 11.6. The first-order valence-corrected chi connectivity index (χ1v) is 5.34. The van der Waals surface area contributed by atoms with Crippen molar-refractivity contribution in [3.05, 3.63) is 12.3 Å². The summed E-state index contributed by atoms with van der Waals surface area (Å²) in [6, 6.07) is 1.83. The van der Waals surface area contributed by atoms with Crippen LogP contribution >= 0.6 is 0 Å². The Bertz CT molecular complexity index is 343. The monoisotopic (exact) mass is 208 g/mol. The van der Waals surface area contributed by atoms with E-state index in [1.165, 1.54) is 0 Å². The third-order valence-electron chi connectivity index (χ3n) is 2.50. The highest BCUT2D eigenvalue weighted by Crippen LogP contribution is 2.08. The minimum Gasteiger partial charge on any atom is -0.315 e. The molecule has 1 saturated heterocycles. The summed E-state index contributed by atoms with van der Waals surface area (Å²) in [6.45, 7) is 4.55. The second kappa shape index (κ2) is 4.44. The summed E-state index contributed by atoms with van der Waals surface area (Å²) in [7, 11) is 0. The maximum atomic E-state index is 11.6. The number of nitrogens with zero attached hydrogens (tertiary/aromatic N) is 2. The van der Waals surface area contributed by atoms with Gasteiger partial charge in [-0.25, -0.2) is 0 Å². The van der Waals surface area contributed by atoms with Crippen LogP contribution in [-0.4, -0.2) is 28.8 Å². The molecule has 0 bridgehead atoms. The van der Waals surface area contributed by atoms with E-state index < -0.39 is 0 Å². The minimum absolute atomic E-state index is 0.0653. The van der Waals surface area contributed by atoms with Gasteiger partial charge in [-0.05, 0) is 6.42 Å². The third-order valence-corrected chi connectivity index (χ3v) is 2.50. The molecule has 1 amide bonds. The fourth-order valence-corrected chi connectivity index (χ4v) is 1.48. The Morgan fingerprint density at radius 1 is 1.73 bits per heavy atom. The maximum Gasteiger partial charge on any atom is 0.231 e. The van der Waals surface area contributed by atoms with Crippen LogP contribution in [0, 0.1) is 5.92 Å². The topological polar surface area (TPSA) is 59.0 Å². The lowest BCUT2D eigenvalue weighted by Crippen LogP contribution is -2.48. The van der Waals surface area contributed by atoms with E-state index in [9.17, 15) is 4.79 Å². The van der Waals surface area contributed by atoms with Gasteiger partial charge in [0.2, 0.25) is 5.91 Å². The number of hydrogen-bond acceptors (Lipinski definition) is 3. The van der Waals surface area contributed by atoms with Crippen LogP contribution in [0.1, 0.15) is 13.3 Å². The van der Waals surface area contributed by atoms with E-state index >= 15 is 0 Å². The first kappa shape index (κ1) is 10.2. The van der Waals surface area contributed by atoms with Crippen molar-refractivity contribution >= 4 is 11.7 Å². The maximum absolute atomic E-state index is 11.6. The molecule has 1 fully saturated rings. The first-order chi connectivity index (χ1) is 7.29. The zero-order valence-electron chi connectivity index (χ0n) is 8.86. The Balaban J connectivity index is 1.89. The van der Waals surface area contributed by atoms with E-state index in [0.29, 0.717) is 5.82 Å². The molecule has 0 spiro atoms. The highest BCUT2D eigenvalue weighted by molar-refractivity contribution is 5.92. The van der Waals surface area contributed by atoms with Crippen LogP contribution in [0.4, 0.5) is 5.82 Å². The summed E-state index contributed by atoms with van der Waals surface area (Å²) in [6.07, 6.45) is 2.93. The lowest BCUT2D eigenvalue weighted by molar-refractivity contribution is -0.121. The Morgan fingerprint density at radius 3 is 3.13 bits per heavy atom. The molecule has 0 radical (unpaired) electrons. The Hall–Kier alpha value is -1.36. The van der Waals surface area contributed by atoms with Crippen molar-refractivity contribution in [3.8, 4) is 0 Å². The normalized spacial score (nSPS) is 16.1. The summed E-state index contributed by atoms with van der Waals surface area (Å²) < 4.78 is 1.84. The molecule has 5 heteroatoms. The Kier molecular flexibility index (Phi) is 3.01. The summed E-state index contributed by atoms with van der Waals surface area (Å²) >= 11 is 0. The molecule has 1 aromatic rings. The van der Waals surface area contributed by atoms with E-state index in [1.54, 1.807) is 0 Å². The molecular formula is C10H16N4O. The van der Waals surface area contributed by atoms with E-state index in [2.05, 4.69) is 22.7 Å². The van der Waals surface area contributed by atoms with Gasteiger partial charge in [-0.2, -0.15) is 5.10 Å². The van der Waals surface area contributed by atoms with Crippen molar-refractivity contribution in [2.45, 2.75) is 19.9 Å². The van der Waals surface area contributed by atoms with Crippen molar-refractivity contribution in [2.24, 2.45) is 5.92 Å². The van der Waals surface area contributed by atoms with E-state index in [4.69, 9.17) is 0 Å². The lowest BCUT2D eigenvalue weighted by Gasteiger charge is -2.25. The van der Waals surface area contributed by atoms with Gasteiger partial charge < -0.3 is 10.6 Å². The minimum atomic E-state index is 0.0653. The number of anilines is 1. The number of hydrogen-bond donors (Lipinski definition) is 2. The number of aryl methyl sites for hydroxylation is 1. The zero-order chi connectivity index (χ0) is 10.7. The molecule has 0 aromatic carbocycles. The molecule has 0 saturated carbocycles. The summed E-state index contributed by atoms with van der Waals surface area (Å²) in [5.74, 6) is 0.831. The zero-order valence-corrected chi connectivity index (χ0v) is 8.86. The predicted molar refractivity (Wildman–Crippen MR) is 57.5 cm³/mol. The Labute approximate surface area is 88.8 Å². The first-order valence-electron chi connectivity index (χ1n) is 5.34. The second-order valence-electron chi connectivity index (χ2n) is 3.81. The van der Waals surface area contributed by atoms with E-state index in [-0.39, 0.29) is 11.8 Å². The molecular weight excluding hydrogens is 192 g/mol. The highest BCUT2D eigenvalue weighted by atomic mass is 16.2. The quantitative estimate of drug-likeness (QED) is 0.755. The smallest absolute Gasteiger partial charge is 0.231 e.